The quantitative estimate of drug-likeness (QED) is 0.0713. The number of nitrogens with two attached hydrogens (primary N) is 1. The van der Waals surface area contributed by atoms with E-state index in [0.717, 1.165) is 6.04 Å². The Balaban J connectivity index is 0. The highest BCUT2D eigenvalue weighted by Crippen LogP contribution is 2.23. The molecule has 0 radical (unpaired) electrons. The lowest BCUT2D eigenvalue weighted by atomic mass is 9.89. The molecule has 2 N–H and O–H groups in total. The van der Waals surface area contributed by atoms with Crippen LogP contribution >= 0.6 is 0 Å². The fourth-order valence-corrected chi connectivity index (χ4v) is 6.10. The van der Waals surface area contributed by atoms with Gasteiger partial charge in [0.15, 0.2) is 0 Å². The molecule has 0 aromatic rings. The van der Waals surface area contributed by atoms with E-state index in [9.17, 15) is 0 Å². The van der Waals surface area contributed by atoms with E-state index >= 15 is 0 Å². The predicted molar refractivity (Wildman–Crippen MR) is 180 cm³/mol. The second kappa shape index (κ2) is 33.9. The molecule has 0 amide bonds. The molecule has 0 rings (SSSR count). The molecule has 0 aromatic carbocycles. The van der Waals surface area contributed by atoms with Crippen LogP contribution in [-0.4, -0.2) is 12.6 Å². The van der Waals surface area contributed by atoms with Gasteiger partial charge >= 0.3 is 0 Å². The van der Waals surface area contributed by atoms with Crippen LogP contribution in [0.4, 0.5) is 0 Å². The van der Waals surface area contributed by atoms with Crippen molar-refractivity contribution in [2.24, 2.45) is 5.41 Å². The molecule has 0 heterocycles. The Morgan fingerprint density at radius 2 is 0.725 bits per heavy atom. The monoisotopic (exact) mass is 630 g/mol. The second-order valence-corrected chi connectivity index (χ2v) is 14.6. The average molecular weight is 631 g/mol. The maximum absolute atomic E-state index is 2.63. The molecule has 0 saturated heterocycles. The van der Waals surface area contributed by atoms with Gasteiger partial charge in [0.2, 0.25) is 0 Å². The number of hydrogen-bond donors (Lipinski definition) is 1. The molecule has 2 heteroatoms. The van der Waals surface area contributed by atoms with Crippen molar-refractivity contribution in [3.05, 3.63) is 0 Å². The molecule has 1 atom stereocenters. The van der Waals surface area contributed by atoms with E-state index < -0.39 is 0 Å². The minimum Gasteiger partial charge on any atom is -1.00 e. The highest BCUT2D eigenvalue weighted by atomic mass is 79.9. The van der Waals surface area contributed by atoms with Crippen molar-refractivity contribution in [3.63, 3.8) is 0 Å². The van der Waals surface area contributed by atoms with E-state index in [1.54, 1.807) is 0 Å². The van der Waals surface area contributed by atoms with Crippen LogP contribution in [-0.2, 0) is 0 Å². The Kier molecular flexibility index (Phi) is 36.1. The van der Waals surface area contributed by atoms with E-state index in [1.807, 2.05) is 0 Å². The Labute approximate surface area is 266 Å². The molecule has 0 bridgehead atoms. The molecule has 0 spiro atoms. The topological polar surface area (TPSA) is 16.6 Å². The first-order valence-corrected chi connectivity index (χ1v) is 18.8. The predicted octanol–water partition coefficient (Wildman–Crippen LogP) is 9.71. The van der Waals surface area contributed by atoms with Crippen molar-refractivity contribution >= 4 is 0 Å². The van der Waals surface area contributed by atoms with Gasteiger partial charge in [0, 0.05) is 0 Å². The second-order valence-electron chi connectivity index (χ2n) is 14.6. The van der Waals surface area contributed by atoms with Crippen molar-refractivity contribution in [3.8, 4) is 0 Å². The minimum atomic E-state index is 0. The molecule has 0 fully saturated rings. The third-order valence-corrected chi connectivity index (χ3v) is 8.96. The molecule has 1 nitrogen and oxygen atoms in total. The van der Waals surface area contributed by atoms with Gasteiger partial charge in [-0.1, -0.05) is 188 Å². The van der Waals surface area contributed by atoms with Gasteiger partial charge in [0.1, 0.15) is 0 Å². The number of hydrogen-bond acceptors (Lipinski definition) is 0. The van der Waals surface area contributed by atoms with Crippen molar-refractivity contribution in [2.45, 2.75) is 233 Å². The van der Waals surface area contributed by atoms with Crippen LogP contribution in [0.3, 0.4) is 0 Å². The van der Waals surface area contributed by atoms with Gasteiger partial charge in [-0.25, -0.2) is 0 Å². The van der Waals surface area contributed by atoms with Crippen molar-refractivity contribution < 1.29 is 22.3 Å². The highest BCUT2D eigenvalue weighted by Gasteiger charge is 2.08. The highest BCUT2D eigenvalue weighted by molar-refractivity contribution is 4.61. The zero-order chi connectivity index (χ0) is 28.7. The molecule has 0 aliphatic rings. The summed E-state index contributed by atoms with van der Waals surface area (Å²) in [5.74, 6) is 0. The van der Waals surface area contributed by atoms with E-state index in [4.69, 9.17) is 0 Å². The molecular formula is C38H80BrN. The lowest BCUT2D eigenvalue weighted by molar-refractivity contribution is -0.687. The summed E-state index contributed by atoms with van der Waals surface area (Å²) in [4.78, 5) is 0. The number of halogens is 1. The SMILES string of the molecule is CCCCCCCCCCCCCC(C)[NH2+]CCCCCCCCCCCCCCCCCCCC(C)(C)C.[Br-]. The average Bonchev–Trinajstić information content (AvgIpc) is 2.90. The van der Waals surface area contributed by atoms with Gasteiger partial charge in [-0.3, -0.25) is 0 Å². The van der Waals surface area contributed by atoms with Gasteiger partial charge in [-0.2, -0.15) is 0 Å². The van der Waals surface area contributed by atoms with Crippen molar-refractivity contribution in [1.82, 2.24) is 0 Å². The molecule has 0 saturated carbocycles. The molecule has 0 aromatic heterocycles. The Morgan fingerprint density at radius 3 is 1.07 bits per heavy atom. The summed E-state index contributed by atoms with van der Waals surface area (Å²) in [7, 11) is 0. The van der Waals surface area contributed by atoms with Crippen LogP contribution in [0.5, 0.6) is 0 Å². The first-order valence-electron chi connectivity index (χ1n) is 18.8. The Bertz CT molecular complexity index is 443. The molecule has 0 aliphatic heterocycles. The Hall–Kier alpha value is 0.440. The van der Waals surface area contributed by atoms with E-state index in [-0.39, 0.29) is 17.0 Å². The van der Waals surface area contributed by atoms with E-state index in [0.29, 0.717) is 5.41 Å². The molecule has 244 valence electrons. The standard InChI is InChI=1S/C38H79N.BrH/c1-6-7-8-9-10-11-19-22-25-28-31-34-37(2)39-36-33-30-27-24-21-18-16-14-12-13-15-17-20-23-26-29-32-35-38(3,4)5;/h37,39H,6-36H2,1-5H3;1H. The largest absolute Gasteiger partial charge is 1.00 e. The summed E-state index contributed by atoms with van der Waals surface area (Å²) < 4.78 is 0. The Morgan fingerprint density at radius 1 is 0.425 bits per heavy atom. The van der Waals surface area contributed by atoms with Crippen LogP contribution in [0.15, 0.2) is 0 Å². The van der Waals surface area contributed by atoms with Gasteiger partial charge in [-0.15, -0.1) is 0 Å². The van der Waals surface area contributed by atoms with E-state index in [1.165, 1.54) is 199 Å². The van der Waals surface area contributed by atoms with E-state index in [2.05, 4.69) is 39.9 Å². The number of quaternary nitrogens is 1. The summed E-state index contributed by atoms with van der Waals surface area (Å²) in [5, 5.41) is 2.63. The third kappa shape index (κ3) is 38.4. The summed E-state index contributed by atoms with van der Waals surface area (Å²) in [6.07, 6.45) is 43.9. The van der Waals surface area contributed by atoms with Gasteiger partial charge < -0.3 is 22.3 Å². The van der Waals surface area contributed by atoms with Crippen LogP contribution in [0, 0.1) is 5.41 Å². The van der Waals surface area contributed by atoms with Crippen molar-refractivity contribution in [2.75, 3.05) is 6.54 Å². The summed E-state index contributed by atoms with van der Waals surface area (Å²) in [5.41, 5.74) is 0.531. The maximum atomic E-state index is 2.63. The van der Waals surface area contributed by atoms with Gasteiger partial charge in [-0.05, 0) is 44.4 Å². The maximum Gasteiger partial charge on any atom is 0.0830 e. The van der Waals surface area contributed by atoms with Crippen LogP contribution in [0.25, 0.3) is 0 Å². The lowest BCUT2D eigenvalue weighted by Crippen LogP contribution is -3.00. The van der Waals surface area contributed by atoms with Crippen LogP contribution in [0.2, 0.25) is 0 Å². The minimum absolute atomic E-state index is 0. The molecule has 0 aliphatic carbocycles. The summed E-state index contributed by atoms with van der Waals surface area (Å²) in [6.45, 7) is 13.2. The smallest absolute Gasteiger partial charge is 0.0830 e. The molecule has 1 unspecified atom stereocenters. The van der Waals surface area contributed by atoms with Crippen molar-refractivity contribution in [1.29, 1.82) is 0 Å². The zero-order valence-electron chi connectivity index (χ0n) is 29.0. The van der Waals surface area contributed by atoms with Gasteiger partial charge in [0.25, 0.3) is 0 Å². The zero-order valence-corrected chi connectivity index (χ0v) is 30.5. The summed E-state index contributed by atoms with van der Waals surface area (Å²) in [6, 6.07) is 0.840. The first kappa shape index (κ1) is 42.6. The molecule has 40 heavy (non-hydrogen) atoms. The fourth-order valence-electron chi connectivity index (χ4n) is 6.10. The normalized spacial score (nSPS) is 12.5. The summed E-state index contributed by atoms with van der Waals surface area (Å²) >= 11 is 0. The van der Waals surface area contributed by atoms with Crippen LogP contribution < -0.4 is 22.3 Å². The first-order chi connectivity index (χ1) is 19.0. The number of rotatable bonds is 32. The van der Waals surface area contributed by atoms with Gasteiger partial charge in [0.05, 0.1) is 12.6 Å². The van der Waals surface area contributed by atoms with Crippen LogP contribution in [0.1, 0.15) is 227 Å². The third-order valence-electron chi connectivity index (χ3n) is 8.96. The molecular weight excluding hydrogens is 550 g/mol. The fraction of sp³-hybridized carbons (Fsp3) is 1.00. The lowest BCUT2D eigenvalue weighted by Gasteiger charge is -2.17. The number of unbranched alkanes of at least 4 members (excludes halogenated alkanes) is 26.